The first-order valence-electron chi connectivity index (χ1n) is 14.9. The predicted molar refractivity (Wildman–Crippen MR) is 141 cm³/mol. The lowest BCUT2D eigenvalue weighted by atomic mass is 9.46. The van der Waals surface area contributed by atoms with E-state index in [1.807, 2.05) is 0 Å². The molecule has 8 unspecified atom stereocenters. The van der Waals surface area contributed by atoms with Gasteiger partial charge in [0.15, 0.2) is 0 Å². The maximum absolute atomic E-state index is 7.05. The highest BCUT2D eigenvalue weighted by Crippen LogP contribution is 2.73. The number of ether oxygens (including phenoxy) is 1. The maximum atomic E-state index is 7.05. The van der Waals surface area contributed by atoms with Gasteiger partial charge in [0.1, 0.15) is 6.10 Å². The van der Waals surface area contributed by atoms with E-state index >= 15 is 0 Å². The molecule has 2 aliphatic heterocycles. The second-order valence-electron chi connectivity index (χ2n) is 13.9. The van der Waals surface area contributed by atoms with Gasteiger partial charge in [-0.15, -0.1) is 0 Å². The summed E-state index contributed by atoms with van der Waals surface area (Å²) in [5, 5.41) is 0. The number of hydrogen-bond acceptors (Lipinski definition) is 3. The molecule has 0 aromatic carbocycles. The quantitative estimate of drug-likeness (QED) is 0.290. The highest BCUT2D eigenvalue weighted by molar-refractivity contribution is 6.47. The topological polar surface area (TPSA) is 27.7 Å². The van der Waals surface area contributed by atoms with Crippen molar-refractivity contribution < 1.29 is 14.0 Å². The van der Waals surface area contributed by atoms with E-state index in [1.165, 1.54) is 63.5 Å². The van der Waals surface area contributed by atoms with Crippen LogP contribution < -0.4 is 0 Å². The standard InChI is InChI=1S/C31H45BO3/c1-29(2)30(3,4)35-32(34-29)20-17-18-26-28(19-20)33-27-16-10-9-15-25(27)31(26)23-13-7-5-11-21(23)22-12-6-8-14-24(22)31/h5-6,11-12,16,20-26,28H,7-10,13-15,17-19H2,1-4H3. The molecule has 0 radical (unpaired) electrons. The summed E-state index contributed by atoms with van der Waals surface area (Å²) in [6.45, 7) is 8.75. The molecule has 0 amide bonds. The van der Waals surface area contributed by atoms with Crippen LogP contribution in [0.2, 0.25) is 5.82 Å². The molecule has 3 nitrogen and oxygen atoms in total. The Morgan fingerprint density at radius 1 is 0.771 bits per heavy atom. The second kappa shape index (κ2) is 8.00. The zero-order valence-electron chi connectivity index (χ0n) is 22.4. The molecule has 4 heteroatoms. The van der Waals surface area contributed by atoms with Crippen molar-refractivity contribution in [3.8, 4) is 0 Å². The normalized spacial score (nSPS) is 49.0. The van der Waals surface area contributed by atoms with Crippen molar-refractivity contribution >= 4 is 7.12 Å². The molecular formula is C31H45BO3. The summed E-state index contributed by atoms with van der Waals surface area (Å²) in [4.78, 5) is 0. The van der Waals surface area contributed by atoms with E-state index in [0.29, 0.717) is 29.2 Å². The van der Waals surface area contributed by atoms with Gasteiger partial charge >= 0.3 is 7.12 Å². The summed E-state index contributed by atoms with van der Waals surface area (Å²) in [5.41, 5.74) is -0.0925. The molecule has 0 aromatic heterocycles. The van der Waals surface area contributed by atoms with Crippen LogP contribution in [0.25, 0.3) is 0 Å². The molecule has 35 heavy (non-hydrogen) atoms. The predicted octanol–water partition coefficient (Wildman–Crippen LogP) is 7.50. The van der Waals surface area contributed by atoms with Gasteiger partial charge in [-0.3, -0.25) is 0 Å². The van der Waals surface area contributed by atoms with Crippen LogP contribution in [0, 0.1) is 40.9 Å². The van der Waals surface area contributed by atoms with Crippen LogP contribution in [0.15, 0.2) is 36.1 Å². The lowest BCUT2D eigenvalue weighted by Crippen LogP contribution is -2.58. The summed E-state index contributed by atoms with van der Waals surface area (Å²) < 4.78 is 20.2. The number of allylic oxidation sites excluding steroid dienone is 6. The van der Waals surface area contributed by atoms with E-state index in [2.05, 4.69) is 58.1 Å². The Labute approximate surface area is 213 Å². The first-order chi connectivity index (χ1) is 16.8. The van der Waals surface area contributed by atoms with Crippen LogP contribution in [-0.2, 0) is 14.0 Å². The van der Waals surface area contributed by atoms with E-state index in [9.17, 15) is 0 Å². The van der Waals surface area contributed by atoms with Gasteiger partial charge < -0.3 is 14.0 Å². The zero-order chi connectivity index (χ0) is 24.0. The third kappa shape index (κ3) is 3.17. The monoisotopic (exact) mass is 476 g/mol. The zero-order valence-corrected chi connectivity index (χ0v) is 22.4. The number of hydrogen-bond donors (Lipinski definition) is 0. The van der Waals surface area contributed by atoms with Gasteiger partial charge in [-0.25, -0.2) is 0 Å². The molecule has 190 valence electrons. The van der Waals surface area contributed by atoms with E-state index in [0.717, 1.165) is 30.1 Å². The van der Waals surface area contributed by atoms with Crippen molar-refractivity contribution in [1.29, 1.82) is 0 Å². The molecule has 4 fully saturated rings. The fourth-order valence-corrected chi connectivity index (χ4v) is 10.1. The lowest BCUT2D eigenvalue weighted by molar-refractivity contribution is -0.165. The van der Waals surface area contributed by atoms with Crippen molar-refractivity contribution in [2.24, 2.45) is 40.9 Å². The highest BCUT2D eigenvalue weighted by atomic mass is 16.7. The van der Waals surface area contributed by atoms with Crippen molar-refractivity contribution in [3.63, 3.8) is 0 Å². The van der Waals surface area contributed by atoms with Gasteiger partial charge in [-0.1, -0.05) is 30.7 Å². The van der Waals surface area contributed by atoms with Crippen LogP contribution >= 0.6 is 0 Å². The molecule has 2 heterocycles. The van der Waals surface area contributed by atoms with Crippen molar-refractivity contribution in [2.75, 3.05) is 0 Å². The van der Waals surface area contributed by atoms with E-state index in [-0.39, 0.29) is 18.3 Å². The molecule has 8 atom stereocenters. The Kier molecular flexibility index (Phi) is 5.29. The SMILES string of the molecule is CC1(C)OB(C2CCC3C(C2)OC2=CCCCC2C32C3CCC=CC3C3C=CCCC32)OC1(C)C. The van der Waals surface area contributed by atoms with Crippen LogP contribution in [0.4, 0.5) is 0 Å². The van der Waals surface area contributed by atoms with Gasteiger partial charge in [-0.05, 0) is 126 Å². The summed E-state index contributed by atoms with van der Waals surface area (Å²) >= 11 is 0. The van der Waals surface area contributed by atoms with Gasteiger partial charge in [0, 0.05) is 11.8 Å². The Morgan fingerprint density at radius 2 is 1.43 bits per heavy atom. The van der Waals surface area contributed by atoms with Crippen molar-refractivity contribution in [3.05, 3.63) is 36.1 Å². The first kappa shape index (κ1) is 23.1. The Balaban J connectivity index is 1.26. The van der Waals surface area contributed by atoms with Crippen LogP contribution in [-0.4, -0.2) is 24.4 Å². The second-order valence-corrected chi connectivity index (χ2v) is 13.9. The molecule has 0 bridgehead atoms. The Bertz CT molecular complexity index is 903. The average molecular weight is 477 g/mol. The minimum atomic E-state index is -0.255. The molecule has 0 N–H and O–H groups in total. The molecule has 7 rings (SSSR count). The van der Waals surface area contributed by atoms with Crippen molar-refractivity contribution in [1.82, 2.24) is 0 Å². The number of rotatable bonds is 1. The summed E-state index contributed by atoms with van der Waals surface area (Å²) in [6.07, 6.45) is 25.9. The summed E-state index contributed by atoms with van der Waals surface area (Å²) in [6, 6.07) is 0. The van der Waals surface area contributed by atoms with Gasteiger partial charge in [0.25, 0.3) is 0 Å². The van der Waals surface area contributed by atoms with Gasteiger partial charge in [0.2, 0.25) is 0 Å². The van der Waals surface area contributed by atoms with E-state index in [1.54, 1.807) is 0 Å². The van der Waals surface area contributed by atoms with Crippen LogP contribution in [0.3, 0.4) is 0 Å². The summed E-state index contributed by atoms with van der Waals surface area (Å²) in [7, 11) is -0.0992. The lowest BCUT2D eigenvalue weighted by Gasteiger charge is -2.61. The Hall–Kier alpha value is -0.995. The third-order valence-electron chi connectivity index (χ3n) is 12.1. The third-order valence-corrected chi connectivity index (χ3v) is 12.1. The Morgan fingerprint density at radius 3 is 2.09 bits per heavy atom. The van der Waals surface area contributed by atoms with Crippen LogP contribution in [0.5, 0.6) is 0 Å². The smallest absolute Gasteiger partial charge is 0.461 e. The average Bonchev–Trinajstić information content (AvgIpc) is 3.27. The van der Waals surface area contributed by atoms with Gasteiger partial charge in [-0.2, -0.15) is 0 Å². The highest BCUT2D eigenvalue weighted by Gasteiger charge is 2.69. The minimum Gasteiger partial charge on any atom is -0.495 e. The first-order valence-corrected chi connectivity index (χ1v) is 14.9. The molecule has 5 aliphatic carbocycles. The largest absolute Gasteiger partial charge is 0.495 e. The summed E-state index contributed by atoms with van der Waals surface area (Å²) in [5.74, 6) is 6.27. The molecule has 1 spiro atoms. The van der Waals surface area contributed by atoms with E-state index in [4.69, 9.17) is 14.0 Å². The van der Waals surface area contributed by atoms with Gasteiger partial charge in [0.05, 0.1) is 17.0 Å². The fraction of sp³-hybridized carbons (Fsp3) is 0.806. The van der Waals surface area contributed by atoms with Crippen LogP contribution in [0.1, 0.15) is 91.9 Å². The fourth-order valence-electron chi connectivity index (χ4n) is 10.1. The van der Waals surface area contributed by atoms with E-state index < -0.39 is 0 Å². The number of fused-ring (bicyclic) bond motifs is 9. The molecule has 0 aromatic rings. The van der Waals surface area contributed by atoms with Crippen molar-refractivity contribution in [2.45, 2.75) is 115 Å². The molecule has 2 saturated heterocycles. The molecular weight excluding hydrogens is 431 g/mol. The molecule has 7 aliphatic rings. The minimum absolute atomic E-state index is 0.0992. The maximum Gasteiger partial charge on any atom is 0.461 e. The molecule has 2 saturated carbocycles.